The van der Waals surface area contributed by atoms with Crippen LogP contribution in [-0.2, 0) is 13.6 Å². The molecule has 2 aromatic rings. The molecule has 3 heteroatoms. The Morgan fingerprint density at radius 3 is 2.55 bits per heavy atom. The molecular formula is C17H25N3. The van der Waals surface area contributed by atoms with E-state index < -0.39 is 0 Å². The van der Waals surface area contributed by atoms with Gasteiger partial charge in [0.1, 0.15) is 5.82 Å². The van der Waals surface area contributed by atoms with Crippen molar-refractivity contribution < 1.29 is 0 Å². The second-order valence-corrected chi connectivity index (χ2v) is 6.14. The van der Waals surface area contributed by atoms with Crippen molar-refractivity contribution in [1.29, 1.82) is 0 Å². The summed E-state index contributed by atoms with van der Waals surface area (Å²) in [5, 5.41) is 0. The molecule has 1 saturated carbocycles. The summed E-state index contributed by atoms with van der Waals surface area (Å²) in [5.74, 6) is 1.18. The number of aromatic nitrogens is 2. The maximum atomic E-state index is 4.79. The van der Waals surface area contributed by atoms with Crippen molar-refractivity contribution in [2.24, 2.45) is 7.05 Å². The van der Waals surface area contributed by atoms with Gasteiger partial charge in [-0.3, -0.25) is 4.90 Å². The zero-order valence-electron chi connectivity index (χ0n) is 12.7. The first kappa shape index (κ1) is 13.6. The Morgan fingerprint density at radius 2 is 1.85 bits per heavy atom. The number of fused-ring (bicyclic) bond motifs is 1. The number of benzene rings is 1. The zero-order valence-corrected chi connectivity index (χ0v) is 12.7. The maximum Gasteiger partial charge on any atom is 0.123 e. The topological polar surface area (TPSA) is 21.1 Å². The molecule has 1 aliphatic rings. The highest BCUT2D eigenvalue weighted by molar-refractivity contribution is 5.75. The molecule has 0 saturated heterocycles. The number of hydrogen-bond donors (Lipinski definition) is 0. The minimum Gasteiger partial charge on any atom is -0.330 e. The minimum atomic E-state index is 0.734. The van der Waals surface area contributed by atoms with E-state index in [4.69, 9.17) is 4.98 Å². The Bertz CT molecular complexity index is 565. The fourth-order valence-corrected chi connectivity index (χ4v) is 3.39. The van der Waals surface area contributed by atoms with Crippen LogP contribution in [0.5, 0.6) is 0 Å². The van der Waals surface area contributed by atoms with Gasteiger partial charge in [-0.1, -0.05) is 37.8 Å². The van der Waals surface area contributed by atoms with Gasteiger partial charge in [0, 0.05) is 13.1 Å². The summed E-state index contributed by atoms with van der Waals surface area (Å²) in [6.45, 7) is 0.954. The highest BCUT2D eigenvalue weighted by atomic mass is 15.2. The molecular weight excluding hydrogens is 246 g/mol. The monoisotopic (exact) mass is 271 g/mol. The van der Waals surface area contributed by atoms with Gasteiger partial charge in [0.05, 0.1) is 17.6 Å². The Kier molecular flexibility index (Phi) is 4.06. The molecule has 1 aromatic heterocycles. The van der Waals surface area contributed by atoms with Crippen molar-refractivity contribution in [2.45, 2.75) is 51.1 Å². The van der Waals surface area contributed by atoms with Gasteiger partial charge in [-0.25, -0.2) is 4.98 Å². The molecule has 3 nitrogen and oxygen atoms in total. The fraction of sp³-hybridized carbons (Fsp3) is 0.588. The highest BCUT2D eigenvalue weighted by Gasteiger charge is 2.18. The second kappa shape index (κ2) is 5.96. The lowest BCUT2D eigenvalue weighted by Crippen LogP contribution is -2.31. The highest BCUT2D eigenvalue weighted by Crippen LogP contribution is 2.23. The van der Waals surface area contributed by atoms with E-state index in [0.29, 0.717) is 0 Å². The summed E-state index contributed by atoms with van der Waals surface area (Å²) in [6, 6.07) is 9.14. The van der Waals surface area contributed by atoms with Crippen LogP contribution in [0.4, 0.5) is 0 Å². The maximum absolute atomic E-state index is 4.79. The normalized spacial score (nSPS) is 17.8. The molecule has 108 valence electrons. The van der Waals surface area contributed by atoms with E-state index >= 15 is 0 Å². The number of nitrogens with zero attached hydrogens (tertiary/aromatic N) is 3. The molecule has 0 unspecified atom stereocenters. The number of para-hydroxylation sites is 2. The molecule has 0 spiro atoms. The van der Waals surface area contributed by atoms with Crippen LogP contribution in [0.15, 0.2) is 24.3 Å². The van der Waals surface area contributed by atoms with Crippen molar-refractivity contribution in [3.05, 3.63) is 30.1 Å². The summed E-state index contributed by atoms with van der Waals surface area (Å²) < 4.78 is 2.24. The van der Waals surface area contributed by atoms with Crippen LogP contribution in [0, 0.1) is 0 Å². The third kappa shape index (κ3) is 2.73. The number of aryl methyl sites for hydroxylation is 1. The molecule has 0 N–H and O–H groups in total. The second-order valence-electron chi connectivity index (χ2n) is 6.14. The Hall–Kier alpha value is -1.35. The van der Waals surface area contributed by atoms with Crippen molar-refractivity contribution in [1.82, 2.24) is 14.5 Å². The van der Waals surface area contributed by atoms with Crippen LogP contribution in [-0.4, -0.2) is 27.5 Å². The van der Waals surface area contributed by atoms with Gasteiger partial charge in [0.15, 0.2) is 0 Å². The fourth-order valence-electron chi connectivity index (χ4n) is 3.39. The average molecular weight is 271 g/mol. The van der Waals surface area contributed by atoms with E-state index in [9.17, 15) is 0 Å². The Balaban J connectivity index is 1.76. The van der Waals surface area contributed by atoms with E-state index in [1.54, 1.807) is 0 Å². The number of imidazole rings is 1. The molecule has 0 bridgehead atoms. The summed E-state index contributed by atoms with van der Waals surface area (Å²) >= 11 is 0. The Morgan fingerprint density at radius 1 is 1.15 bits per heavy atom. The van der Waals surface area contributed by atoms with Crippen molar-refractivity contribution in [3.63, 3.8) is 0 Å². The molecule has 1 fully saturated rings. The first-order chi connectivity index (χ1) is 9.75. The first-order valence-corrected chi connectivity index (χ1v) is 7.86. The molecule has 20 heavy (non-hydrogen) atoms. The van der Waals surface area contributed by atoms with Crippen LogP contribution >= 0.6 is 0 Å². The largest absolute Gasteiger partial charge is 0.330 e. The van der Waals surface area contributed by atoms with Crippen molar-refractivity contribution >= 4 is 11.0 Å². The summed E-state index contributed by atoms with van der Waals surface area (Å²) in [6.07, 6.45) is 8.29. The SMILES string of the molecule is CN(Cc1nc2ccccc2n1C)C1CCCCCC1. The smallest absolute Gasteiger partial charge is 0.123 e. The predicted molar refractivity (Wildman–Crippen MR) is 83.7 cm³/mol. The van der Waals surface area contributed by atoms with Crippen LogP contribution in [0.25, 0.3) is 11.0 Å². The minimum absolute atomic E-state index is 0.734. The van der Waals surface area contributed by atoms with Crippen LogP contribution < -0.4 is 0 Å². The van der Waals surface area contributed by atoms with Gasteiger partial charge in [-0.15, -0.1) is 0 Å². The lowest BCUT2D eigenvalue weighted by molar-refractivity contribution is 0.207. The third-order valence-electron chi connectivity index (χ3n) is 4.72. The molecule has 1 aliphatic carbocycles. The van der Waals surface area contributed by atoms with E-state index in [2.05, 4.69) is 47.8 Å². The lowest BCUT2D eigenvalue weighted by atomic mass is 10.1. The average Bonchev–Trinajstić information content (AvgIpc) is 2.67. The van der Waals surface area contributed by atoms with Gasteiger partial charge in [-0.2, -0.15) is 0 Å². The Labute approximate surface area is 121 Å². The molecule has 0 atom stereocenters. The van der Waals surface area contributed by atoms with Gasteiger partial charge in [0.25, 0.3) is 0 Å². The summed E-state index contributed by atoms with van der Waals surface area (Å²) in [7, 11) is 4.39. The van der Waals surface area contributed by atoms with Crippen LogP contribution in [0.3, 0.4) is 0 Å². The zero-order chi connectivity index (χ0) is 13.9. The summed E-state index contributed by atoms with van der Waals surface area (Å²) in [4.78, 5) is 7.30. The van der Waals surface area contributed by atoms with Crippen molar-refractivity contribution in [3.8, 4) is 0 Å². The van der Waals surface area contributed by atoms with E-state index in [1.807, 2.05) is 0 Å². The van der Waals surface area contributed by atoms with Gasteiger partial charge >= 0.3 is 0 Å². The van der Waals surface area contributed by atoms with Gasteiger partial charge in [-0.05, 0) is 32.0 Å². The predicted octanol–water partition coefficient (Wildman–Crippen LogP) is 3.73. The van der Waals surface area contributed by atoms with E-state index in [0.717, 1.165) is 18.1 Å². The quantitative estimate of drug-likeness (QED) is 0.793. The first-order valence-electron chi connectivity index (χ1n) is 7.86. The molecule has 3 rings (SSSR count). The molecule has 0 aliphatic heterocycles. The van der Waals surface area contributed by atoms with Gasteiger partial charge < -0.3 is 4.57 Å². The molecule has 0 amide bonds. The molecule has 1 aromatic carbocycles. The van der Waals surface area contributed by atoms with Crippen LogP contribution in [0.1, 0.15) is 44.3 Å². The molecule has 1 heterocycles. The standard InChI is InChI=1S/C17H25N3/c1-19(14-9-5-3-4-6-10-14)13-17-18-15-11-7-8-12-16(15)20(17)2/h7-8,11-12,14H,3-6,9-10,13H2,1-2H3. The van der Waals surface area contributed by atoms with E-state index in [-0.39, 0.29) is 0 Å². The van der Waals surface area contributed by atoms with Crippen LogP contribution in [0.2, 0.25) is 0 Å². The van der Waals surface area contributed by atoms with E-state index in [1.165, 1.54) is 49.9 Å². The molecule has 0 radical (unpaired) electrons. The van der Waals surface area contributed by atoms with Crippen molar-refractivity contribution in [2.75, 3.05) is 7.05 Å². The van der Waals surface area contributed by atoms with Gasteiger partial charge in [0.2, 0.25) is 0 Å². The number of hydrogen-bond acceptors (Lipinski definition) is 2. The third-order valence-corrected chi connectivity index (χ3v) is 4.72. The number of rotatable bonds is 3. The lowest BCUT2D eigenvalue weighted by Gasteiger charge is -2.26. The summed E-state index contributed by atoms with van der Waals surface area (Å²) in [5.41, 5.74) is 2.34.